The summed E-state index contributed by atoms with van der Waals surface area (Å²) in [5, 5.41) is 7.02. The van der Waals surface area contributed by atoms with E-state index in [-0.39, 0.29) is 0 Å². The highest BCUT2D eigenvalue weighted by Gasteiger charge is 2.25. The van der Waals surface area contributed by atoms with E-state index in [0.717, 1.165) is 49.1 Å². The summed E-state index contributed by atoms with van der Waals surface area (Å²) in [7, 11) is 2.20. The first-order valence-electron chi connectivity index (χ1n) is 8.11. The Morgan fingerprint density at radius 2 is 1.95 bits per heavy atom. The molecule has 2 heterocycles. The molecule has 0 bridgehead atoms. The first-order chi connectivity index (χ1) is 10.0. The Kier molecular flexibility index (Phi) is 5.39. The second-order valence-electron chi connectivity index (χ2n) is 6.12. The highest BCUT2D eigenvalue weighted by molar-refractivity contribution is 5.57. The topological polar surface area (TPSA) is 53.1 Å². The van der Waals surface area contributed by atoms with Gasteiger partial charge < -0.3 is 15.5 Å². The maximum absolute atomic E-state index is 4.71. The number of rotatable bonds is 5. The van der Waals surface area contributed by atoms with Crippen molar-refractivity contribution in [2.75, 3.05) is 37.3 Å². The maximum Gasteiger partial charge on any atom is 0.135 e. The monoisotopic (exact) mass is 291 g/mol. The molecule has 0 aliphatic carbocycles. The second-order valence-corrected chi connectivity index (χ2v) is 6.12. The Bertz CT molecular complexity index is 474. The van der Waals surface area contributed by atoms with Crippen LogP contribution in [0.1, 0.15) is 38.6 Å². The minimum atomic E-state index is 0.494. The number of nitrogens with zero attached hydrogens (tertiary/aromatic N) is 3. The molecule has 1 aromatic heterocycles. The van der Waals surface area contributed by atoms with Crippen molar-refractivity contribution in [3.05, 3.63) is 11.4 Å². The van der Waals surface area contributed by atoms with E-state index in [1.807, 2.05) is 0 Å². The predicted octanol–water partition coefficient (Wildman–Crippen LogP) is 2.53. The molecule has 1 saturated heterocycles. The van der Waals surface area contributed by atoms with Crippen LogP contribution < -0.4 is 10.6 Å². The first kappa shape index (κ1) is 16.0. The highest BCUT2D eigenvalue weighted by Crippen LogP contribution is 2.25. The largest absolute Gasteiger partial charge is 0.370 e. The van der Waals surface area contributed by atoms with Crippen molar-refractivity contribution in [3.63, 3.8) is 0 Å². The van der Waals surface area contributed by atoms with E-state index in [1.165, 1.54) is 6.42 Å². The molecule has 1 aliphatic rings. The lowest BCUT2D eigenvalue weighted by Gasteiger charge is -2.35. The van der Waals surface area contributed by atoms with E-state index < -0.39 is 0 Å². The summed E-state index contributed by atoms with van der Waals surface area (Å²) >= 11 is 0. The number of hydrogen-bond acceptors (Lipinski definition) is 5. The van der Waals surface area contributed by atoms with Gasteiger partial charge in [-0.25, -0.2) is 9.97 Å². The minimum absolute atomic E-state index is 0.494. The van der Waals surface area contributed by atoms with Crippen molar-refractivity contribution in [3.8, 4) is 0 Å². The molecule has 21 heavy (non-hydrogen) atoms. The summed E-state index contributed by atoms with van der Waals surface area (Å²) in [6, 6.07) is 0.494. The molecule has 0 aromatic carbocycles. The van der Waals surface area contributed by atoms with Gasteiger partial charge >= 0.3 is 0 Å². The van der Waals surface area contributed by atoms with E-state index >= 15 is 0 Å². The van der Waals surface area contributed by atoms with Crippen molar-refractivity contribution < 1.29 is 0 Å². The van der Waals surface area contributed by atoms with Crippen LogP contribution in [0.4, 0.5) is 11.6 Å². The molecule has 2 N–H and O–H groups in total. The van der Waals surface area contributed by atoms with Gasteiger partial charge in [-0.3, -0.25) is 0 Å². The number of nitrogens with one attached hydrogen (secondary N) is 2. The zero-order valence-electron chi connectivity index (χ0n) is 14.0. The SMILES string of the molecule is CCNc1nc(CC)nc(NC2CCN(C)CC2C)c1C. The molecule has 0 saturated carbocycles. The Hall–Kier alpha value is -1.36. The van der Waals surface area contributed by atoms with E-state index in [0.29, 0.717) is 12.0 Å². The molecule has 1 fully saturated rings. The molecule has 118 valence electrons. The quantitative estimate of drug-likeness (QED) is 0.873. The van der Waals surface area contributed by atoms with Crippen molar-refractivity contribution in [2.24, 2.45) is 5.92 Å². The van der Waals surface area contributed by atoms with Crippen molar-refractivity contribution in [1.29, 1.82) is 0 Å². The summed E-state index contributed by atoms with van der Waals surface area (Å²) in [6.45, 7) is 11.8. The molecule has 0 radical (unpaired) electrons. The van der Waals surface area contributed by atoms with E-state index in [1.54, 1.807) is 0 Å². The smallest absolute Gasteiger partial charge is 0.135 e. The van der Waals surface area contributed by atoms with Crippen molar-refractivity contribution in [2.45, 2.75) is 46.6 Å². The average Bonchev–Trinajstić information content (AvgIpc) is 2.46. The van der Waals surface area contributed by atoms with Crippen LogP contribution in [-0.2, 0) is 6.42 Å². The third-order valence-corrected chi connectivity index (χ3v) is 4.28. The average molecular weight is 291 g/mol. The number of aryl methyl sites for hydroxylation is 1. The molecule has 5 heteroatoms. The van der Waals surface area contributed by atoms with Crippen LogP contribution in [0.25, 0.3) is 0 Å². The van der Waals surface area contributed by atoms with Gasteiger partial charge in [-0.2, -0.15) is 0 Å². The van der Waals surface area contributed by atoms with Crippen molar-refractivity contribution in [1.82, 2.24) is 14.9 Å². The second kappa shape index (κ2) is 7.07. The molecule has 2 unspecified atom stereocenters. The van der Waals surface area contributed by atoms with Gasteiger partial charge in [0.05, 0.1) is 0 Å². The van der Waals surface area contributed by atoms with Crippen LogP contribution in [0, 0.1) is 12.8 Å². The van der Waals surface area contributed by atoms with Gasteiger partial charge in [-0.05, 0) is 39.8 Å². The lowest BCUT2D eigenvalue weighted by Crippen LogP contribution is -2.43. The van der Waals surface area contributed by atoms with Gasteiger partial charge in [0.15, 0.2) is 0 Å². The van der Waals surface area contributed by atoms with Crippen LogP contribution in [0.3, 0.4) is 0 Å². The van der Waals surface area contributed by atoms with E-state index in [9.17, 15) is 0 Å². The lowest BCUT2D eigenvalue weighted by atomic mass is 9.94. The fourth-order valence-electron chi connectivity index (χ4n) is 2.95. The molecule has 2 atom stereocenters. The number of piperidine rings is 1. The summed E-state index contributed by atoms with van der Waals surface area (Å²) in [5.41, 5.74) is 1.13. The van der Waals surface area contributed by atoms with Crippen LogP contribution in [0.2, 0.25) is 0 Å². The predicted molar refractivity (Wildman–Crippen MR) is 89.0 cm³/mol. The van der Waals surface area contributed by atoms with Crippen LogP contribution >= 0.6 is 0 Å². The van der Waals surface area contributed by atoms with Crippen LogP contribution in [0.5, 0.6) is 0 Å². The molecular weight excluding hydrogens is 262 g/mol. The van der Waals surface area contributed by atoms with Gasteiger partial charge in [0.1, 0.15) is 17.5 Å². The van der Waals surface area contributed by atoms with Crippen molar-refractivity contribution >= 4 is 11.6 Å². The Morgan fingerprint density at radius 3 is 2.57 bits per heavy atom. The zero-order valence-corrected chi connectivity index (χ0v) is 14.0. The van der Waals surface area contributed by atoms with Gasteiger partial charge in [-0.15, -0.1) is 0 Å². The summed E-state index contributed by atoms with van der Waals surface area (Å²) < 4.78 is 0. The number of aromatic nitrogens is 2. The molecule has 1 aliphatic heterocycles. The fourth-order valence-corrected chi connectivity index (χ4v) is 2.95. The lowest BCUT2D eigenvalue weighted by molar-refractivity contribution is 0.206. The Balaban J connectivity index is 2.20. The molecule has 5 nitrogen and oxygen atoms in total. The molecule has 1 aromatic rings. The van der Waals surface area contributed by atoms with Crippen LogP contribution in [0.15, 0.2) is 0 Å². The summed E-state index contributed by atoms with van der Waals surface area (Å²) in [4.78, 5) is 11.7. The summed E-state index contributed by atoms with van der Waals surface area (Å²) in [6.07, 6.45) is 2.02. The zero-order chi connectivity index (χ0) is 15.4. The number of likely N-dealkylation sites (tertiary alicyclic amines) is 1. The molecule has 0 amide bonds. The number of anilines is 2. The Morgan fingerprint density at radius 1 is 1.24 bits per heavy atom. The normalized spacial score (nSPS) is 23.1. The first-order valence-corrected chi connectivity index (χ1v) is 8.11. The van der Waals surface area contributed by atoms with Gasteiger partial charge in [-0.1, -0.05) is 13.8 Å². The van der Waals surface area contributed by atoms with Gasteiger partial charge in [0, 0.05) is 31.1 Å². The van der Waals surface area contributed by atoms with E-state index in [2.05, 4.69) is 55.3 Å². The third kappa shape index (κ3) is 3.84. The molecular formula is C16H29N5. The third-order valence-electron chi connectivity index (χ3n) is 4.28. The highest BCUT2D eigenvalue weighted by atomic mass is 15.1. The molecule has 2 rings (SSSR count). The Labute approximate surface area is 128 Å². The van der Waals surface area contributed by atoms with E-state index in [4.69, 9.17) is 4.98 Å². The summed E-state index contributed by atoms with van der Waals surface area (Å²) in [5.74, 6) is 3.50. The fraction of sp³-hybridized carbons (Fsp3) is 0.750. The minimum Gasteiger partial charge on any atom is -0.370 e. The maximum atomic E-state index is 4.71. The molecule has 0 spiro atoms. The standard InChI is InChI=1S/C16H29N5/c1-6-14-19-15(17-7-2)12(4)16(20-14)18-13-8-9-21(5)10-11(13)3/h11,13H,6-10H2,1-5H3,(H2,17,18,19,20). The van der Waals surface area contributed by atoms with Gasteiger partial charge in [0.2, 0.25) is 0 Å². The number of hydrogen-bond donors (Lipinski definition) is 2. The van der Waals surface area contributed by atoms with Crippen LogP contribution in [-0.4, -0.2) is 47.6 Å². The van der Waals surface area contributed by atoms with Gasteiger partial charge in [0.25, 0.3) is 0 Å².